The summed E-state index contributed by atoms with van der Waals surface area (Å²) in [6, 6.07) is 9.41. The van der Waals surface area contributed by atoms with Crippen LogP contribution < -0.4 is 0 Å². The van der Waals surface area contributed by atoms with Crippen molar-refractivity contribution in [2.75, 3.05) is 0 Å². The minimum Gasteiger partial charge on any atom is -0.455 e. The van der Waals surface area contributed by atoms with Crippen molar-refractivity contribution < 1.29 is 14.3 Å². The summed E-state index contributed by atoms with van der Waals surface area (Å²) in [4.78, 5) is 23.3. The lowest BCUT2D eigenvalue weighted by molar-refractivity contribution is -0.154. The number of ketones is 1. The normalized spacial score (nSPS) is 20.0. The fraction of sp³-hybridized carbons (Fsp3) is 0.579. The average Bonchev–Trinajstić information content (AvgIpc) is 3.30. The molecule has 3 nitrogen and oxygen atoms in total. The molecule has 0 saturated heterocycles. The molecule has 1 aliphatic rings. The summed E-state index contributed by atoms with van der Waals surface area (Å²) in [5.74, 6) is 1.41. The molecule has 1 aromatic rings. The van der Waals surface area contributed by atoms with E-state index in [1.807, 2.05) is 30.3 Å². The molecule has 0 aromatic heterocycles. The van der Waals surface area contributed by atoms with E-state index < -0.39 is 11.8 Å². The van der Waals surface area contributed by atoms with Gasteiger partial charge in [-0.25, -0.2) is 4.79 Å². The molecule has 0 heterocycles. The van der Waals surface area contributed by atoms with Crippen LogP contribution in [0.5, 0.6) is 0 Å². The van der Waals surface area contributed by atoms with E-state index in [9.17, 15) is 9.59 Å². The van der Waals surface area contributed by atoms with E-state index >= 15 is 0 Å². The lowest BCUT2D eigenvalue weighted by Gasteiger charge is -2.05. The highest BCUT2D eigenvalue weighted by atomic mass is 16.5. The quantitative estimate of drug-likeness (QED) is 0.391. The Morgan fingerprint density at radius 1 is 1.18 bits per heavy atom. The summed E-state index contributed by atoms with van der Waals surface area (Å²) < 4.78 is 5.04. The van der Waals surface area contributed by atoms with E-state index in [0.717, 1.165) is 36.2 Å². The molecule has 1 aliphatic carbocycles. The van der Waals surface area contributed by atoms with Gasteiger partial charge in [0.1, 0.15) is 6.61 Å². The SMILES string of the molecule is CC(C)C1CC1CCCCC(=O)C(=O)OCc1ccccc1. The van der Waals surface area contributed by atoms with Gasteiger partial charge in [0.2, 0.25) is 5.78 Å². The van der Waals surface area contributed by atoms with E-state index in [1.54, 1.807) is 0 Å². The number of hydrogen-bond donors (Lipinski definition) is 0. The third kappa shape index (κ3) is 5.28. The highest BCUT2D eigenvalue weighted by molar-refractivity contribution is 6.33. The van der Waals surface area contributed by atoms with E-state index in [4.69, 9.17) is 4.74 Å². The summed E-state index contributed by atoms with van der Waals surface area (Å²) in [5, 5.41) is 0. The van der Waals surface area contributed by atoms with Gasteiger partial charge in [-0.2, -0.15) is 0 Å². The molecular weight excluding hydrogens is 276 g/mol. The molecule has 0 radical (unpaired) electrons. The number of carbonyl (C=O) groups is 2. The molecule has 0 N–H and O–H groups in total. The van der Waals surface area contributed by atoms with E-state index in [1.165, 1.54) is 12.8 Å². The van der Waals surface area contributed by atoms with Crippen LogP contribution in [0.4, 0.5) is 0 Å². The fourth-order valence-corrected chi connectivity index (χ4v) is 3.02. The topological polar surface area (TPSA) is 43.4 Å². The van der Waals surface area contributed by atoms with Gasteiger partial charge in [0.15, 0.2) is 0 Å². The molecular formula is C19H26O3. The maximum absolute atomic E-state index is 11.7. The number of unbranched alkanes of at least 4 members (excludes halogenated alkanes) is 1. The minimum atomic E-state index is -0.699. The van der Waals surface area contributed by atoms with Crippen LogP contribution in [0.15, 0.2) is 30.3 Å². The molecule has 0 aliphatic heterocycles. The average molecular weight is 302 g/mol. The van der Waals surface area contributed by atoms with Gasteiger partial charge < -0.3 is 4.74 Å². The summed E-state index contributed by atoms with van der Waals surface area (Å²) in [6.45, 7) is 4.72. The van der Waals surface area contributed by atoms with Crippen molar-refractivity contribution >= 4 is 11.8 Å². The molecule has 120 valence electrons. The van der Waals surface area contributed by atoms with Crippen molar-refractivity contribution in [3.63, 3.8) is 0 Å². The van der Waals surface area contributed by atoms with Gasteiger partial charge >= 0.3 is 5.97 Å². The number of hydrogen-bond acceptors (Lipinski definition) is 3. The van der Waals surface area contributed by atoms with Crippen molar-refractivity contribution in [1.29, 1.82) is 0 Å². The summed E-state index contributed by atoms with van der Waals surface area (Å²) in [7, 11) is 0. The summed E-state index contributed by atoms with van der Waals surface area (Å²) >= 11 is 0. The van der Waals surface area contributed by atoms with Gasteiger partial charge in [-0.05, 0) is 36.2 Å². The van der Waals surface area contributed by atoms with Crippen LogP contribution in [-0.2, 0) is 20.9 Å². The predicted octanol–water partition coefficient (Wildman–Crippen LogP) is 4.15. The fourth-order valence-electron chi connectivity index (χ4n) is 3.02. The van der Waals surface area contributed by atoms with E-state index in [0.29, 0.717) is 6.42 Å². The lowest BCUT2D eigenvalue weighted by Crippen LogP contribution is -2.17. The summed E-state index contributed by atoms with van der Waals surface area (Å²) in [5.41, 5.74) is 0.900. The number of esters is 1. The molecule has 1 fully saturated rings. The molecule has 2 atom stereocenters. The molecule has 0 amide bonds. The van der Waals surface area contributed by atoms with E-state index in [-0.39, 0.29) is 6.61 Å². The second-order valence-electron chi connectivity index (χ2n) is 6.63. The largest absolute Gasteiger partial charge is 0.455 e. The van der Waals surface area contributed by atoms with Crippen molar-refractivity contribution in [1.82, 2.24) is 0 Å². The number of ether oxygens (including phenoxy) is 1. The van der Waals surface area contributed by atoms with Crippen LogP contribution in [0.25, 0.3) is 0 Å². The third-order valence-electron chi connectivity index (χ3n) is 4.50. The molecule has 2 unspecified atom stereocenters. The van der Waals surface area contributed by atoms with Crippen LogP contribution in [0.3, 0.4) is 0 Å². The molecule has 1 saturated carbocycles. The highest BCUT2D eigenvalue weighted by Gasteiger charge is 2.38. The van der Waals surface area contributed by atoms with Crippen molar-refractivity contribution in [3.05, 3.63) is 35.9 Å². The Kier molecular flexibility index (Phi) is 6.17. The second-order valence-corrected chi connectivity index (χ2v) is 6.63. The maximum Gasteiger partial charge on any atom is 0.374 e. The first-order valence-corrected chi connectivity index (χ1v) is 8.31. The van der Waals surface area contributed by atoms with Gasteiger partial charge in [-0.1, -0.05) is 57.0 Å². The first-order valence-electron chi connectivity index (χ1n) is 8.31. The van der Waals surface area contributed by atoms with Gasteiger partial charge in [-0.3, -0.25) is 4.79 Å². The zero-order valence-corrected chi connectivity index (χ0v) is 13.6. The van der Waals surface area contributed by atoms with Crippen LogP contribution in [0, 0.1) is 17.8 Å². The molecule has 0 spiro atoms. The Hall–Kier alpha value is -1.64. The lowest BCUT2D eigenvalue weighted by atomic mass is 10.0. The Bertz CT molecular complexity index is 493. The minimum absolute atomic E-state index is 0.170. The van der Waals surface area contributed by atoms with Crippen LogP contribution >= 0.6 is 0 Å². The number of carbonyl (C=O) groups excluding carboxylic acids is 2. The number of Topliss-reactive ketones (excluding diaryl/α,β-unsaturated/α-hetero) is 1. The zero-order valence-electron chi connectivity index (χ0n) is 13.6. The van der Waals surface area contributed by atoms with Crippen molar-refractivity contribution in [3.8, 4) is 0 Å². The molecule has 1 aromatic carbocycles. The smallest absolute Gasteiger partial charge is 0.374 e. The van der Waals surface area contributed by atoms with Gasteiger partial charge in [0, 0.05) is 6.42 Å². The monoisotopic (exact) mass is 302 g/mol. The standard InChI is InChI=1S/C19H26O3/c1-14(2)17-12-16(17)10-6-7-11-18(20)19(21)22-13-15-8-4-3-5-9-15/h3-5,8-9,14,16-17H,6-7,10-13H2,1-2H3. The molecule has 22 heavy (non-hydrogen) atoms. The van der Waals surface area contributed by atoms with Gasteiger partial charge in [-0.15, -0.1) is 0 Å². The first kappa shape index (κ1) is 16.7. The van der Waals surface area contributed by atoms with Crippen LogP contribution in [-0.4, -0.2) is 11.8 Å². The van der Waals surface area contributed by atoms with E-state index in [2.05, 4.69) is 13.8 Å². The number of benzene rings is 1. The van der Waals surface area contributed by atoms with Gasteiger partial charge in [0.25, 0.3) is 0 Å². The van der Waals surface area contributed by atoms with Crippen molar-refractivity contribution in [2.45, 2.75) is 52.6 Å². The molecule has 2 rings (SSSR count). The Balaban J connectivity index is 1.56. The maximum atomic E-state index is 11.7. The Morgan fingerprint density at radius 2 is 1.91 bits per heavy atom. The predicted molar refractivity (Wildman–Crippen MR) is 86.1 cm³/mol. The second kappa shape index (κ2) is 8.11. The molecule has 3 heteroatoms. The third-order valence-corrected chi connectivity index (χ3v) is 4.50. The van der Waals surface area contributed by atoms with Gasteiger partial charge in [0.05, 0.1) is 0 Å². The molecule has 0 bridgehead atoms. The number of rotatable bonds is 9. The zero-order chi connectivity index (χ0) is 15.9. The summed E-state index contributed by atoms with van der Waals surface area (Å²) in [6.07, 6.45) is 4.67. The van der Waals surface area contributed by atoms with Crippen molar-refractivity contribution in [2.24, 2.45) is 17.8 Å². The first-order chi connectivity index (χ1) is 10.6. The Labute approximate surface area is 133 Å². The van der Waals surface area contributed by atoms with Crippen LogP contribution in [0.1, 0.15) is 51.5 Å². The highest BCUT2D eigenvalue weighted by Crippen LogP contribution is 2.47. The van der Waals surface area contributed by atoms with Crippen LogP contribution in [0.2, 0.25) is 0 Å². The Morgan fingerprint density at radius 3 is 2.55 bits per heavy atom.